The minimum atomic E-state index is -0.187. The maximum atomic E-state index is 11.4. The van der Waals surface area contributed by atoms with Gasteiger partial charge in [-0.15, -0.1) is 10.2 Å². The van der Waals surface area contributed by atoms with E-state index in [2.05, 4.69) is 31.0 Å². The Balaban J connectivity index is 1.32. The Hall–Kier alpha value is -0.940. The molecule has 4 saturated carbocycles. The second-order valence-electron chi connectivity index (χ2n) is 12.2. The van der Waals surface area contributed by atoms with Crippen molar-refractivity contribution in [3.63, 3.8) is 0 Å². The molecule has 5 rings (SSSR count). The van der Waals surface area contributed by atoms with Gasteiger partial charge in [-0.3, -0.25) is 0 Å². The first-order valence-electron chi connectivity index (χ1n) is 12.9. The maximum Gasteiger partial charge on any atom is 0.216 e. The van der Waals surface area contributed by atoms with Crippen LogP contribution >= 0.6 is 0 Å². The van der Waals surface area contributed by atoms with Crippen molar-refractivity contribution in [2.75, 3.05) is 0 Å². The molecule has 4 fully saturated rings. The largest absolute Gasteiger partial charge is 0.426 e. The van der Waals surface area contributed by atoms with E-state index < -0.39 is 0 Å². The van der Waals surface area contributed by atoms with Crippen LogP contribution in [-0.2, 0) is 6.42 Å². The van der Waals surface area contributed by atoms with Gasteiger partial charge in [-0.2, -0.15) is 0 Å². The van der Waals surface area contributed by atoms with Crippen molar-refractivity contribution in [2.45, 2.75) is 104 Å². The van der Waals surface area contributed by atoms with Gasteiger partial charge in [-0.1, -0.05) is 20.8 Å². The minimum absolute atomic E-state index is 0.157. The molecule has 2 N–H and O–H groups in total. The SMILES string of the molecule is Cc1nnc(CC[C@@H](C)[C@H]2CC[C@H]3[C@@H]4[C@@H](O)C[C@@H]5C[C@H](O)CC[C@]5(C)[C@H]4CC[C@]23C)o1. The fourth-order valence-corrected chi connectivity index (χ4v) is 9.17. The lowest BCUT2D eigenvalue weighted by Gasteiger charge is -2.62. The summed E-state index contributed by atoms with van der Waals surface area (Å²) in [6.07, 6.45) is 10.6. The third-order valence-electron chi connectivity index (χ3n) is 10.8. The lowest BCUT2D eigenvalue weighted by atomic mass is 9.43. The van der Waals surface area contributed by atoms with Crippen LogP contribution in [0.1, 0.15) is 90.3 Å². The zero-order valence-corrected chi connectivity index (χ0v) is 19.9. The van der Waals surface area contributed by atoms with Gasteiger partial charge >= 0.3 is 0 Å². The molecule has 4 aliphatic carbocycles. The maximum absolute atomic E-state index is 11.4. The average Bonchev–Trinajstić information content (AvgIpc) is 3.30. The van der Waals surface area contributed by atoms with Crippen molar-refractivity contribution in [3.8, 4) is 0 Å². The molecular weight excluding hydrogens is 388 g/mol. The molecule has 5 heteroatoms. The Kier molecular flexibility index (Phi) is 5.53. The smallest absolute Gasteiger partial charge is 0.216 e. The van der Waals surface area contributed by atoms with E-state index in [9.17, 15) is 10.2 Å². The lowest BCUT2D eigenvalue weighted by Crippen LogP contribution is -2.58. The molecule has 0 bridgehead atoms. The van der Waals surface area contributed by atoms with E-state index in [4.69, 9.17) is 4.42 Å². The highest BCUT2D eigenvalue weighted by Crippen LogP contribution is 2.68. The van der Waals surface area contributed by atoms with E-state index in [1.807, 2.05) is 6.92 Å². The van der Waals surface area contributed by atoms with E-state index in [1.165, 1.54) is 25.7 Å². The summed E-state index contributed by atoms with van der Waals surface area (Å²) in [5, 5.41) is 29.8. The van der Waals surface area contributed by atoms with Gasteiger partial charge in [0.05, 0.1) is 12.2 Å². The van der Waals surface area contributed by atoms with Crippen LogP contribution in [0.25, 0.3) is 0 Å². The standard InChI is InChI=1S/C26H42N2O3/c1-15(5-8-23-28-27-16(2)31-23)19-6-7-20-24-21(10-12-26(19,20)4)25(3)11-9-18(29)13-17(25)14-22(24)30/h15,17-22,24,29-30H,5-14H2,1-4H3/t15-,17+,18-,19-,20+,21+,22+,24+,25+,26-/m1/s1. The molecule has 0 aromatic carbocycles. The highest BCUT2D eigenvalue weighted by molar-refractivity contribution is 5.11. The van der Waals surface area contributed by atoms with Gasteiger partial charge in [0.1, 0.15) is 0 Å². The van der Waals surface area contributed by atoms with Gasteiger partial charge in [-0.25, -0.2) is 0 Å². The third-order valence-corrected chi connectivity index (χ3v) is 10.8. The van der Waals surface area contributed by atoms with Gasteiger partial charge in [0.15, 0.2) is 0 Å². The first-order chi connectivity index (χ1) is 14.7. The fraction of sp³-hybridized carbons (Fsp3) is 0.923. The Morgan fingerprint density at radius 3 is 2.48 bits per heavy atom. The zero-order valence-electron chi connectivity index (χ0n) is 19.9. The Morgan fingerprint density at radius 2 is 1.74 bits per heavy atom. The summed E-state index contributed by atoms with van der Waals surface area (Å²) in [4.78, 5) is 0. The molecule has 0 saturated heterocycles. The van der Waals surface area contributed by atoms with Gasteiger partial charge in [-0.05, 0) is 104 Å². The molecule has 1 aromatic rings. The quantitative estimate of drug-likeness (QED) is 0.707. The second kappa shape index (κ2) is 7.83. The van der Waals surface area contributed by atoms with Gasteiger partial charge in [0, 0.05) is 13.3 Å². The molecule has 10 atom stereocenters. The molecule has 0 radical (unpaired) electrons. The number of nitrogens with zero attached hydrogens (tertiary/aromatic N) is 2. The lowest BCUT2D eigenvalue weighted by molar-refractivity contribution is -0.174. The molecule has 174 valence electrons. The van der Waals surface area contributed by atoms with Crippen molar-refractivity contribution in [3.05, 3.63) is 11.8 Å². The van der Waals surface area contributed by atoms with Crippen LogP contribution in [0.3, 0.4) is 0 Å². The second-order valence-corrected chi connectivity index (χ2v) is 12.2. The summed E-state index contributed by atoms with van der Waals surface area (Å²) in [7, 11) is 0. The van der Waals surface area contributed by atoms with Crippen LogP contribution in [0.15, 0.2) is 4.42 Å². The van der Waals surface area contributed by atoms with E-state index in [-0.39, 0.29) is 12.2 Å². The Labute approximate surface area is 187 Å². The third kappa shape index (κ3) is 3.49. The number of aliphatic hydroxyl groups excluding tert-OH is 2. The van der Waals surface area contributed by atoms with Crippen LogP contribution in [0.5, 0.6) is 0 Å². The normalized spacial score (nSPS) is 48.0. The number of rotatable bonds is 4. The molecule has 1 aromatic heterocycles. The van der Waals surface area contributed by atoms with E-state index in [1.54, 1.807) is 0 Å². The van der Waals surface area contributed by atoms with Crippen LogP contribution in [0.4, 0.5) is 0 Å². The number of fused-ring (bicyclic) bond motifs is 5. The van der Waals surface area contributed by atoms with Gasteiger partial charge in [0.2, 0.25) is 11.8 Å². The van der Waals surface area contributed by atoms with Crippen LogP contribution < -0.4 is 0 Å². The average molecular weight is 431 g/mol. The molecule has 0 unspecified atom stereocenters. The molecule has 31 heavy (non-hydrogen) atoms. The molecule has 0 amide bonds. The number of aryl methyl sites for hydroxylation is 2. The Morgan fingerprint density at radius 1 is 1.00 bits per heavy atom. The highest BCUT2D eigenvalue weighted by Gasteiger charge is 2.62. The number of aliphatic hydroxyl groups is 2. The molecule has 5 nitrogen and oxygen atoms in total. The first-order valence-corrected chi connectivity index (χ1v) is 12.9. The molecule has 0 spiro atoms. The molecule has 1 heterocycles. The number of hydrogen-bond acceptors (Lipinski definition) is 5. The Bertz CT molecular complexity index is 795. The zero-order chi connectivity index (χ0) is 22.0. The van der Waals surface area contributed by atoms with Crippen molar-refractivity contribution >= 4 is 0 Å². The predicted molar refractivity (Wildman–Crippen MR) is 119 cm³/mol. The van der Waals surface area contributed by atoms with Gasteiger partial charge in [0.25, 0.3) is 0 Å². The summed E-state index contributed by atoms with van der Waals surface area (Å²) < 4.78 is 5.61. The van der Waals surface area contributed by atoms with Crippen molar-refractivity contribution in [1.82, 2.24) is 10.2 Å². The van der Waals surface area contributed by atoms with E-state index in [0.29, 0.717) is 52.2 Å². The summed E-state index contributed by atoms with van der Waals surface area (Å²) in [6, 6.07) is 0. The highest BCUT2D eigenvalue weighted by atomic mass is 16.4. The van der Waals surface area contributed by atoms with Crippen LogP contribution in [0, 0.1) is 53.3 Å². The molecule has 0 aliphatic heterocycles. The van der Waals surface area contributed by atoms with Crippen molar-refractivity contribution in [2.24, 2.45) is 46.3 Å². The summed E-state index contributed by atoms with van der Waals surface area (Å²) in [5.41, 5.74) is 0.647. The van der Waals surface area contributed by atoms with Crippen LogP contribution in [0.2, 0.25) is 0 Å². The summed E-state index contributed by atoms with van der Waals surface area (Å²) in [6.45, 7) is 9.32. The summed E-state index contributed by atoms with van der Waals surface area (Å²) in [5.74, 6) is 4.99. The van der Waals surface area contributed by atoms with Crippen LogP contribution in [-0.4, -0.2) is 32.6 Å². The van der Waals surface area contributed by atoms with Crippen molar-refractivity contribution < 1.29 is 14.6 Å². The monoisotopic (exact) mass is 430 g/mol. The number of aromatic nitrogens is 2. The fourth-order valence-electron chi connectivity index (χ4n) is 9.17. The molecule has 4 aliphatic rings. The predicted octanol–water partition coefficient (Wildman–Crippen LogP) is 4.94. The number of hydrogen-bond donors (Lipinski definition) is 2. The van der Waals surface area contributed by atoms with E-state index >= 15 is 0 Å². The van der Waals surface area contributed by atoms with E-state index in [0.717, 1.165) is 44.4 Å². The topological polar surface area (TPSA) is 79.4 Å². The molecular formula is C26H42N2O3. The van der Waals surface area contributed by atoms with Crippen molar-refractivity contribution in [1.29, 1.82) is 0 Å². The summed E-state index contributed by atoms with van der Waals surface area (Å²) >= 11 is 0. The van der Waals surface area contributed by atoms with Gasteiger partial charge < -0.3 is 14.6 Å². The first kappa shape index (κ1) is 21.9. The minimum Gasteiger partial charge on any atom is -0.426 e.